The van der Waals surface area contributed by atoms with Gasteiger partial charge in [0.15, 0.2) is 5.82 Å². The van der Waals surface area contributed by atoms with Gasteiger partial charge in [0.25, 0.3) is 0 Å². The molecule has 0 aliphatic rings. The van der Waals surface area contributed by atoms with E-state index in [-0.39, 0.29) is 0 Å². The van der Waals surface area contributed by atoms with Gasteiger partial charge in [-0.25, -0.2) is 19.9 Å². The molecule has 5 nitrogen and oxygen atoms in total. The molecular weight excluding hydrogens is 939 g/mol. The molecule has 7 heteroatoms. The molecular formula is C67H43N5S2. The monoisotopic (exact) mass is 981 g/mol. The summed E-state index contributed by atoms with van der Waals surface area (Å²) in [5, 5.41) is 8.19. The van der Waals surface area contributed by atoms with E-state index in [1.807, 2.05) is 35.6 Å². The van der Waals surface area contributed by atoms with Gasteiger partial charge in [-0.15, -0.1) is 22.7 Å². The highest BCUT2D eigenvalue weighted by Gasteiger charge is 2.21. The molecule has 10 aromatic carbocycles. The van der Waals surface area contributed by atoms with E-state index in [1.54, 1.807) is 11.3 Å². The first-order chi connectivity index (χ1) is 36.6. The average molecular weight is 982 g/mol. The summed E-state index contributed by atoms with van der Waals surface area (Å²) in [6.07, 6.45) is 0. The molecule has 348 valence electrons. The third-order valence-corrected chi connectivity index (χ3v) is 16.3. The Bertz CT molecular complexity index is 4600. The normalized spacial score (nSPS) is 11.6. The fraction of sp³-hybridized carbons (Fsp3) is 0.0149. The molecule has 0 fully saturated rings. The second-order valence-electron chi connectivity index (χ2n) is 18.6. The third kappa shape index (κ3) is 7.69. The van der Waals surface area contributed by atoms with Gasteiger partial charge in [-0.1, -0.05) is 188 Å². The standard InChI is InChI=1S/C60H35N5S2.C7H8/c1-4-15-37(16-5-1)54-35-49-58(67-54)57(39-19-8-3-9-20-39)63-59(61-49)42-27-31-53-46(34-42)45-32-41(26-30-52(45)66-53)40-25-28-50-47(33-40)55-43-21-11-10-14-36(43)24-29-51(55)65(50)60-62-48-23-13-12-22-44(48)56(64-60)38-17-6-2-7-18-38;1-7-5-3-2-4-6-7/h1-35H;2-6H,1H3. The second kappa shape index (κ2) is 18.2. The van der Waals surface area contributed by atoms with E-state index in [0.717, 1.165) is 82.6 Å². The summed E-state index contributed by atoms with van der Waals surface area (Å²) in [4.78, 5) is 22.3. The Hall–Kier alpha value is -9.14. The van der Waals surface area contributed by atoms with Crippen LogP contribution in [0.15, 0.2) is 243 Å². The molecule has 0 saturated heterocycles. The molecule has 0 atom stereocenters. The number of benzene rings is 10. The fourth-order valence-corrected chi connectivity index (χ4v) is 12.6. The Balaban J connectivity index is 0.000000669. The fourth-order valence-electron chi connectivity index (χ4n) is 10.4. The number of para-hydroxylation sites is 1. The van der Waals surface area contributed by atoms with Gasteiger partial charge in [0.05, 0.1) is 38.2 Å². The quantitative estimate of drug-likeness (QED) is 0.167. The van der Waals surface area contributed by atoms with Crippen molar-refractivity contribution in [3.63, 3.8) is 0 Å². The first kappa shape index (κ1) is 43.6. The lowest BCUT2D eigenvalue weighted by molar-refractivity contribution is 1.01. The van der Waals surface area contributed by atoms with Crippen LogP contribution >= 0.6 is 22.7 Å². The van der Waals surface area contributed by atoms with Crippen LogP contribution in [0.2, 0.25) is 0 Å². The van der Waals surface area contributed by atoms with Gasteiger partial charge in [-0.3, -0.25) is 4.57 Å². The van der Waals surface area contributed by atoms with Crippen LogP contribution in [0.4, 0.5) is 0 Å². The molecule has 0 aliphatic carbocycles. The molecule has 74 heavy (non-hydrogen) atoms. The van der Waals surface area contributed by atoms with Gasteiger partial charge in [0.2, 0.25) is 5.95 Å². The van der Waals surface area contributed by atoms with Crippen molar-refractivity contribution < 1.29 is 0 Å². The molecule has 5 heterocycles. The van der Waals surface area contributed by atoms with Crippen LogP contribution in [0.3, 0.4) is 0 Å². The average Bonchev–Trinajstić information content (AvgIpc) is 4.20. The minimum Gasteiger partial charge on any atom is -0.278 e. The molecule has 0 N–H and O–H groups in total. The molecule has 0 bridgehead atoms. The van der Waals surface area contributed by atoms with Gasteiger partial charge in [0.1, 0.15) is 0 Å². The second-order valence-corrected chi connectivity index (χ2v) is 20.8. The highest BCUT2D eigenvalue weighted by Crippen LogP contribution is 2.43. The van der Waals surface area contributed by atoms with E-state index in [1.165, 1.54) is 52.3 Å². The molecule has 0 unspecified atom stereocenters. The number of hydrogen-bond acceptors (Lipinski definition) is 6. The summed E-state index contributed by atoms with van der Waals surface area (Å²) in [7, 11) is 0. The van der Waals surface area contributed by atoms with Crippen molar-refractivity contribution in [3.8, 4) is 61.4 Å². The number of rotatable bonds is 6. The predicted octanol–water partition coefficient (Wildman–Crippen LogP) is 18.6. The van der Waals surface area contributed by atoms with E-state index in [0.29, 0.717) is 5.95 Å². The van der Waals surface area contributed by atoms with E-state index >= 15 is 0 Å². The zero-order valence-corrected chi connectivity index (χ0v) is 41.8. The van der Waals surface area contributed by atoms with Gasteiger partial charge in [-0.05, 0) is 95.1 Å². The lowest BCUT2D eigenvalue weighted by Crippen LogP contribution is -2.03. The zero-order chi connectivity index (χ0) is 49.1. The number of aromatic nitrogens is 5. The van der Waals surface area contributed by atoms with Crippen LogP contribution in [0, 0.1) is 6.92 Å². The molecule has 15 aromatic rings. The first-order valence-corrected chi connectivity index (χ1v) is 26.4. The van der Waals surface area contributed by atoms with Gasteiger partial charge < -0.3 is 0 Å². The number of hydrogen-bond donors (Lipinski definition) is 0. The van der Waals surface area contributed by atoms with Crippen LogP contribution in [0.1, 0.15) is 5.56 Å². The van der Waals surface area contributed by atoms with Crippen molar-refractivity contribution in [2.45, 2.75) is 6.92 Å². The highest BCUT2D eigenvalue weighted by molar-refractivity contribution is 7.25. The minimum absolute atomic E-state index is 0.650. The Morgan fingerprint density at radius 1 is 0.351 bits per heavy atom. The van der Waals surface area contributed by atoms with Crippen LogP contribution in [-0.4, -0.2) is 24.5 Å². The largest absolute Gasteiger partial charge is 0.278 e. The van der Waals surface area contributed by atoms with Crippen molar-refractivity contribution in [3.05, 3.63) is 248 Å². The summed E-state index contributed by atoms with van der Waals surface area (Å²) in [6, 6.07) is 85.8. The summed E-state index contributed by atoms with van der Waals surface area (Å²) in [5.74, 6) is 1.37. The number of nitrogens with zero attached hydrogens (tertiary/aromatic N) is 5. The van der Waals surface area contributed by atoms with E-state index in [2.05, 4.69) is 230 Å². The maximum absolute atomic E-state index is 5.35. The van der Waals surface area contributed by atoms with Gasteiger partial charge in [-0.2, -0.15) is 0 Å². The Kier molecular flexibility index (Phi) is 10.7. The maximum Gasteiger partial charge on any atom is 0.235 e. The van der Waals surface area contributed by atoms with E-state index in [4.69, 9.17) is 19.9 Å². The number of fused-ring (bicyclic) bond motifs is 10. The lowest BCUT2D eigenvalue weighted by atomic mass is 9.99. The molecule has 0 aliphatic heterocycles. The van der Waals surface area contributed by atoms with Crippen LogP contribution in [0.25, 0.3) is 135 Å². The maximum atomic E-state index is 5.35. The minimum atomic E-state index is 0.650. The SMILES string of the molecule is Cc1ccccc1.c1ccc(-c2cc3nc(-c4ccc5sc6ccc(-c7ccc8c(c7)c7c9ccccc9ccc7n8-c7nc(-c8ccccc8)c8ccccc8n7)cc6c5c4)nc(-c4ccccc4)c3s2)cc1. The lowest BCUT2D eigenvalue weighted by Gasteiger charge is -2.12. The molecule has 0 spiro atoms. The molecule has 0 saturated carbocycles. The number of aryl methyl sites for hydroxylation is 1. The first-order valence-electron chi connectivity index (χ1n) is 24.8. The van der Waals surface area contributed by atoms with Crippen molar-refractivity contribution in [2.75, 3.05) is 0 Å². The van der Waals surface area contributed by atoms with Crippen molar-refractivity contribution >= 4 is 96.5 Å². The van der Waals surface area contributed by atoms with Crippen LogP contribution in [0.5, 0.6) is 0 Å². The van der Waals surface area contributed by atoms with Gasteiger partial charge in [0, 0.05) is 57.9 Å². The Labute approximate surface area is 435 Å². The van der Waals surface area contributed by atoms with Crippen LogP contribution < -0.4 is 0 Å². The Morgan fingerprint density at radius 3 is 1.62 bits per heavy atom. The van der Waals surface area contributed by atoms with Crippen molar-refractivity contribution in [2.24, 2.45) is 0 Å². The molecule has 0 amide bonds. The van der Waals surface area contributed by atoms with Crippen LogP contribution in [-0.2, 0) is 0 Å². The third-order valence-electron chi connectivity index (χ3n) is 14.0. The van der Waals surface area contributed by atoms with Crippen molar-refractivity contribution in [1.29, 1.82) is 0 Å². The van der Waals surface area contributed by atoms with Crippen molar-refractivity contribution in [1.82, 2.24) is 24.5 Å². The predicted molar refractivity (Wildman–Crippen MR) is 314 cm³/mol. The summed E-state index contributed by atoms with van der Waals surface area (Å²) < 4.78 is 5.82. The Morgan fingerprint density at radius 2 is 0.919 bits per heavy atom. The smallest absolute Gasteiger partial charge is 0.235 e. The van der Waals surface area contributed by atoms with E-state index < -0.39 is 0 Å². The van der Waals surface area contributed by atoms with E-state index in [9.17, 15) is 0 Å². The number of thiophene rings is 2. The molecule has 15 rings (SSSR count). The summed E-state index contributed by atoms with van der Waals surface area (Å²) >= 11 is 3.58. The highest BCUT2D eigenvalue weighted by atomic mass is 32.1. The molecule has 5 aromatic heterocycles. The zero-order valence-electron chi connectivity index (χ0n) is 40.1. The molecule has 0 radical (unpaired) electrons. The summed E-state index contributed by atoms with van der Waals surface area (Å²) in [5.41, 5.74) is 13.8. The summed E-state index contributed by atoms with van der Waals surface area (Å²) in [6.45, 7) is 2.08. The topological polar surface area (TPSA) is 56.5 Å². The van der Waals surface area contributed by atoms with Gasteiger partial charge >= 0.3 is 0 Å².